The van der Waals surface area contributed by atoms with Gasteiger partial charge in [-0.25, -0.2) is 13.6 Å². The molecule has 0 amide bonds. The normalized spacial score (nSPS) is 30.6. The highest BCUT2D eigenvalue weighted by atomic mass is 19.3. The lowest BCUT2D eigenvalue weighted by Gasteiger charge is -2.32. The number of nitrogens with zero attached hydrogens (tertiary/aromatic N) is 4. The molecule has 3 atom stereocenters. The van der Waals surface area contributed by atoms with Gasteiger partial charge in [-0.1, -0.05) is 0 Å². The number of aromatic nitrogens is 2. The van der Waals surface area contributed by atoms with Crippen molar-refractivity contribution in [2.24, 2.45) is 10.9 Å². The summed E-state index contributed by atoms with van der Waals surface area (Å²) in [6.07, 6.45) is 0.404. The third kappa shape index (κ3) is 3.65. The molecular weight excluding hydrogens is 346 g/mol. The largest absolute Gasteiger partial charge is 0.383 e. The van der Waals surface area contributed by atoms with Crippen molar-refractivity contribution < 1.29 is 13.5 Å². The highest BCUT2D eigenvalue weighted by Gasteiger charge is 2.52. The third-order valence-electron chi connectivity index (χ3n) is 4.81. The molecule has 142 valence electrons. The Kier molecular flexibility index (Phi) is 5.15. The molecule has 0 aromatic carbocycles. The van der Waals surface area contributed by atoms with Crippen molar-refractivity contribution in [3.05, 3.63) is 22.7 Å². The molecule has 3 N–H and O–H groups in total. The van der Waals surface area contributed by atoms with Gasteiger partial charge in [-0.05, 0) is 19.0 Å². The average Bonchev–Trinajstić information content (AvgIpc) is 2.88. The van der Waals surface area contributed by atoms with Gasteiger partial charge in [0, 0.05) is 50.6 Å². The van der Waals surface area contributed by atoms with Crippen LogP contribution in [-0.4, -0.2) is 65.1 Å². The van der Waals surface area contributed by atoms with Gasteiger partial charge in [0.15, 0.2) is 0 Å². The van der Waals surface area contributed by atoms with E-state index in [1.807, 2.05) is 4.90 Å². The maximum Gasteiger partial charge on any atom is 0.351 e. The summed E-state index contributed by atoms with van der Waals surface area (Å²) < 4.78 is 35.1. The van der Waals surface area contributed by atoms with E-state index in [2.05, 4.69) is 9.98 Å². The number of alkyl halides is 2. The number of hydrogen-bond donors (Lipinski definition) is 2. The van der Waals surface area contributed by atoms with Gasteiger partial charge in [-0.15, -0.1) is 0 Å². The molecule has 1 aromatic heterocycles. The number of nitrogen functional groups attached to an aromatic ring is 1. The number of aliphatic imine (C=N–C) groups is 1. The van der Waals surface area contributed by atoms with Crippen molar-refractivity contribution >= 4 is 17.7 Å². The number of likely N-dealkylation sites (tertiary alicyclic amines) is 1. The van der Waals surface area contributed by atoms with Crippen LogP contribution in [0.5, 0.6) is 0 Å². The van der Waals surface area contributed by atoms with Crippen LogP contribution in [-0.2, 0) is 4.74 Å². The molecule has 8 nitrogen and oxygen atoms in total. The lowest BCUT2D eigenvalue weighted by Crippen LogP contribution is -2.44. The maximum absolute atomic E-state index is 14.4. The van der Waals surface area contributed by atoms with Crippen LogP contribution in [0.4, 0.5) is 14.6 Å². The molecule has 0 saturated carbocycles. The summed E-state index contributed by atoms with van der Waals surface area (Å²) in [5, 5.41) is 7.43. The second-order valence-corrected chi connectivity index (χ2v) is 6.63. The monoisotopic (exact) mass is 368 g/mol. The molecule has 3 unspecified atom stereocenters. The number of nitrogens with one attached hydrogen (secondary N) is 1. The molecule has 0 spiro atoms. The first-order valence-corrected chi connectivity index (χ1v) is 8.40. The van der Waals surface area contributed by atoms with Gasteiger partial charge in [0.25, 0.3) is 5.92 Å². The van der Waals surface area contributed by atoms with Gasteiger partial charge in [0.2, 0.25) is 6.23 Å². The molecule has 3 heterocycles. The van der Waals surface area contributed by atoms with E-state index >= 15 is 0 Å². The topological polar surface area (TPSA) is 110 Å². The van der Waals surface area contributed by atoms with E-state index in [0.29, 0.717) is 19.6 Å². The lowest BCUT2D eigenvalue weighted by atomic mass is 9.95. The Hall–Kier alpha value is -2.20. The Morgan fingerprint density at radius 1 is 1.58 bits per heavy atom. The van der Waals surface area contributed by atoms with Crippen LogP contribution >= 0.6 is 0 Å². The molecule has 1 aromatic rings. The minimum atomic E-state index is -3.18. The molecule has 2 aliphatic heterocycles. The molecule has 2 aliphatic rings. The number of anilines is 1. The summed E-state index contributed by atoms with van der Waals surface area (Å²) in [5.74, 6) is -3.19. The predicted octanol–water partition coefficient (Wildman–Crippen LogP) is 0.791. The van der Waals surface area contributed by atoms with E-state index < -0.39 is 30.4 Å². The van der Waals surface area contributed by atoms with E-state index in [0.717, 1.165) is 16.7 Å². The number of piperidine rings is 1. The van der Waals surface area contributed by atoms with Crippen LogP contribution < -0.4 is 11.4 Å². The number of halogens is 2. The van der Waals surface area contributed by atoms with Crippen LogP contribution in [0.2, 0.25) is 0 Å². The smallest absolute Gasteiger partial charge is 0.351 e. The fourth-order valence-electron chi connectivity index (χ4n) is 3.49. The van der Waals surface area contributed by atoms with Crippen molar-refractivity contribution in [3.8, 4) is 0 Å². The second kappa shape index (κ2) is 7.20. The standard InChI is InChI=1S/C16H22F2N6O2/c1-21-12-9-23(4-2-10(12)7-19)8-11-6-16(17,18)14(26-11)24-5-3-13(20)22-15(24)25/h3,5,7,10-11,14,19H,2,4,6,8-9H2,1H3,(H2,20,22,25). The van der Waals surface area contributed by atoms with Gasteiger partial charge in [-0.3, -0.25) is 14.5 Å². The summed E-state index contributed by atoms with van der Waals surface area (Å²) in [6.45, 7) is 1.52. The summed E-state index contributed by atoms with van der Waals surface area (Å²) >= 11 is 0. The summed E-state index contributed by atoms with van der Waals surface area (Å²) in [4.78, 5) is 21.6. The Morgan fingerprint density at radius 3 is 3.00 bits per heavy atom. The Labute approximate surface area is 149 Å². The van der Waals surface area contributed by atoms with E-state index in [1.165, 1.54) is 18.5 Å². The lowest BCUT2D eigenvalue weighted by molar-refractivity contribution is -0.118. The molecule has 0 radical (unpaired) electrons. The maximum atomic E-state index is 14.4. The van der Waals surface area contributed by atoms with Crippen LogP contribution in [0.3, 0.4) is 0 Å². The highest BCUT2D eigenvalue weighted by molar-refractivity contribution is 5.99. The van der Waals surface area contributed by atoms with E-state index in [-0.39, 0.29) is 11.7 Å². The molecule has 2 saturated heterocycles. The fourth-order valence-corrected chi connectivity index (χ4v) is 3.49. The number of rotatable bonds is 4. The van der Waals surface area contributed by atoms with Crippen molar-refractivity contribution in [1.82, 2.24) is 14.5 Å². The summed E-state index contributed by atoms with van der Waals surface area (Å²) in [6, 6.07) is 1.29. The first-order chi connectivity index (χ1) is 12.3. The van der Waals surface area contributed by atoms with Crippen LogP contribution in [0.15, 0.2) is 22.1 Å². The van der Waals surface area contributed by atoms with Crippen LogP contribution in [0, 0.1) is 11.3 Å². The number of ether oxygens (including phenoxy) is 1. The molecule has 2 fully saturated rings. The Balaban J connectivity index is 1.70. The average molecular weight is 368 g/mol. The Bertz CT molecular complexity index is 765. The van der Waals surface area contributed by atoms with Crippen molar-refractivity contribution in [2.75, 3.05) is 32.4 Å². The predicted molar refractivity (Wildman–Crippen MR) is 93.1 cm³/mol. The molecular formula is C16H22F2N6O2. The van der Waals surface area contributed by atoms with Gasteiger partial charge in [-0.2, -0.15) is 4.98 Å². The van der Waals surface area contributed by atoms with E-state index in [1.54, 1.807) is 7.05 Å². The fraction of sp³-hybridized carbons (Fsp3) is 0.625. The van der Waals surface area contributed by atoms with Gasteiger partial charge >= 0.3 is 5.69 Å². The zero-order valence-corrected chi connectivity index (χ0v) is 14.4. The highest BCUT2D eigenvalue weighted by Crippen LogP contribution is 2.42. The molecule has 3 rings (SSSR count). The summed E-state index contributed by atoms with van der Waals surface area (Å²) in [7, 11) is 1.67. The van der Waals surface area contributed by atoms with Gasteiger partial charge in [0.05, 0.1) is 6.10 Å². The second-order valence-electron chi connectivity index (χ2n) is 6.63. The SMILES string of the molecule is CN=C1CN(CC2CC(F)(F)C(n3ccc(N)nc3=O)O2)CCC1C=N. The number of hydrogen-bond acceptors (Lipinski definition) is 7. The molecule has 10 heteroatoms. The first-order valence-electron chi connectivity index (χ1n) is 8.40. The minimum absolute atomic E-state index is 0.00867. The van der Waals surface area contributed by atoms with Crippen LogP contribution in [0.25, 0.3) is 0 Å². The zero-order chi connectivity index (χ0) is 18.9. The molecule has 26 heavy (non-hydrogen) atoms. The van der Waals surface area contributed by atoms with Gasteiger partial charge < -0.3 is 15.9 Å². The first kappa shape index (κ1) is 18.6. The van der Waals surface area contributed by atoms with Crippen molar-refractivity contribution in [2.45, 2.75) is 31.1 Å². The van der Waals surface area contributed by atoms with Crippen molar-refractivity contribution in [3.63, 3.8) is 0 Å². The van der Waals surface area contributed by atoms with Crippen molar-refractivity contribution in [1.29, 1.82) is 5.41 Å². The third-order valence-corrected chi connectivity index (χ3v) is 4.81. The summed E-state index contributed by atoms with van der Waals surface area (Å²) in [5.41, 5.74) is 5.42. The number of nitrogens with two attached hydrogens (primary N) is 1. The zero-order valence-electron chi connectivity index (χ0n) is 14.4. The quantitative estimate of drug-likeness (QED) is 0.764. The van der Waals surface area contributed by atoms with Gasteiger partial charge in [0.1, 0.15) is 5.82 Å². The minimum Gasteiger partial charge on any atom is -0.383 e. The molecule has 0 bridgehead atoms. The van der Waals surface area contributed by atoms with E-state index in [4.69, 9.17) is 15.9 Å². The van der Waals surface area contributed by atoms with E-state index in [9.17, 15) is 13.6 Å². The molecule has 0 aliphatic carbocycles. The van der Waals surface area contributed by atoms with Crippen LogP contribution in [0.1, 0.15) is 19.1 Å². The Morgan fingerprint density at radius 2 is 2.35 bits per heavy atom.